The Labute approximate surface area is 172 Å². The summed E-state index contributed by atoms with van der Waals surface area (Å²) in [6, 6.07) is 9.05. The number of carbonyl (C=O) groups excluding carboxylic acids is 1. The molecule has 0 saturated heterocycles. The summed E-state index contributed by atoms with van der Waals surface area (Å²) < 4.78 is 2.25. The van der Waals surface area contributed by atoms with Gasteiger partial charge >= 0.3 is 0 Å². The van der Waals surface area contributed by atoms with Crippen molar-refractivity contribution in [2.24, 2.45) is 0 Å². The molecular weight excluding hydrogens is 368 g/mol. The maximum atomic E-state index is 12.0. The highest BCUT2D eigenvalue weighted by Gasteiger charge is 2.25. The lowest BCUT2D eigenvalue weighted by molar-refractivity contribution is -0.118. The van der Waals surface area contributed by atoms with Crippen LogP contribution >= 0.6 is 11.8 Å². The molecule has 0 aliphatic heterocycles. The molecule has 3 rings (SSSR count). The van der Waals surface area contributed by atoms with Crippen molar-refractivity contribution >= 4 is 17.7 Å². The average Bonchev–Trinajstić information content (AvgIpc) is 3.33. The molecule has 28 heavy (non-hydrogen) atoms. The summed E-state index contributed by atoms with van der Waals surface area (Å²) in [7, 11) is 0. The van der Waals surface area contributed by atoms with Gasteiger partial charge in [-0.2, -0.15) is 0 Å². The molecule has 1 aromatic heterocycles. The minimum absolute atomic E-state index is 0.0121. The summed E-state index contributed by atoms with van der Waals surface area (Å²) in [6.45, 7) is 10.8. The first kappa shape index (κ1) is 20.6. The van der Waals surface area contributed by atoms with Crippen LogP contribution in [-0.2, 0) is 10.2 Å². The molecular formula is C22H30N4OS. The van der Waals surface area contributed by atoms with Gasteiger partial charge in [-0.25, -0.2) is 0 Å². The molecule has 1 fully saturated rings. The van der Waals surface area contributed by atoms with Gasteiger partial charge in [0.2, 0.25) is 5.91 Å². The zero-order valence-electron chi connectivity index (χ0n) is 17.1. The number of benzene rings is 1. The fourth-order valence-corrected chi connectivity index (χ4v) is 4.39. The summed E-state index contributed by atoms with van der Waals surface area (Å²) in [5, 5.41) is 12.6. The van der Waals surface area contributed by atoms with Crippen molar-refractivity contribution in [2.75, 3.05) is 12.3 Å². The third kappa shape index (κ3) is 4.85. The molecule has 1 aromatic carbocycles. The van der Waals surface area contributed by atoms with E-state index >= 15 is 0 Å². The minimum Gasteiger partial charge on any atom is -0.352 e. The van der Waals surface area contributed by atoms with Crippen molar-refractivity contribution in [3.8, 4) is 11.4 Å². The molecule has 5 nitrogen and oxygen atoms in total. The second-order valence-corrected chi connectivity index (χ2v) is 9.27. The average molecular weight is 399 g/mol. The number of carbonyl (C=O) groups is 1. The number of aromatic nitrogens is 3. The summed E-state index contributed by atoms with van der Waals surface area (Å²) in [4.78, 5) is 12.0. The van der Waals surface area contributed by atoms with Crippen LogP contribution in [0.3, 0.4) is 0 Å². The van der Waals surface area contributed by atoms with E-state index in [-0.39, 0.29) is 11.3 Å². The van der Waals surface area contributed by atoms with Crippen LogP contribution in [0.25, 0.3) is 11.4 Å². The molecule has 1 amide bonds. The van der Waals surface area contributed by atoms with E-state index in [2.05, 4.69) is 71.7 Å². The first-order chi connectivity index (χ1) is 13.4. The second-order valence-electron chi connectivity index (χ2n) is 8.32. The number of nitrogens with one attached hydrogen (secondary N) is 1. The highest BCUT2D eigenvalue weighted by atomic mass is 32.2. The monoisotopic (exact) mass is 398 g/mol. The van der Waals surface area contributed by atoms with Gasteiger partial charge in [0.1, 0.15) is 0 Å². The third-order valence-corrected chi connectivity index (χ3v) is 6.08. The van der Waals surface area contributed by atoms with Crippen LogP contribution in [0, 0.1) is 0 Å². The molecule has 1 aliphatic rings. The van der Waals surface area contributed by atoms with E-state index in [1.807, 2.05) is 0 Å². The zero-order chi connectivity index (χ0) is 20.1. The molecule has 150 valence electrons. The predicted octanol–water partition coefficient (Wildman–Crippen LogP) is 4.75. The predicted molar refractivity (Wildman–Crippen MR) is 116 cm³/mol. The molecule has 1 aliphatic carbocycles. The minimum atomic E-state index is -0.0121. The van der Waals surface area contributed by atoms with Crippen molar-refractivity contribution in [1.29, 1.82) is 0 Å². The summed E-state index contributed by atoms with van der Waals surface area (Å²) >= 11 is 1.46. The second kappa shape index (κ2) is 8.95. The van der Waals surface area contributed by atoms with Crippen molar-refractivity contribution in [3.63, 3.8) is 0 Å². The van der Waals surface area contributed by atoms with E-state index in [0.717, 1.165) is 29.4 Å². The van der Waals surface area contributed by atoms with E-state index < -0.39 is 0 Å². The van der Waals surface area contributed by atoms with Gasteiger partial charge in [-0.3, -0.25) is 9.36 Å². The highest BCUT2D eigenvalue weighted by molar-refractivity contribution is 7.99. The van der Waals surface area contributed by atoms with E-state index in [9.17, 15) is 4.79 Å². The fourth-order valence-electron chi connectivity index (χ4n) is 3.55. The van der Waals surface area contributed by atoms with Gasteiger partial charge in [0, 0.05) is 18.2 Å². The third-order valence-electron chi connectivity index (χ3n) is 5.14. The number of amides is 1. The lowest BCUT2D eigenvalue weighted by atomic mass is 9.86. The quantitative estimate of drug-likeness (QED) is 0.540. The topological polar surface area (TPSA) is 59.8 Å². The smallest absolute Gasteiger partial charge is 0.230 e. The number of hydrogen-bond acceptors (Lipinski definition) is 4. The van der Waals surface area contributed by atoms with Gasteiger partial charge in [0.15, 0.2) is 11.0 Å². The largest absolute Gasteiger partial charge is 0.352 e. The summed E-state index contributed by atoms with van der Waals surface area (Å²) in [5.41, 5.74) is 2.50. The van der Waals surface area contributed by atoms with E-state index in [1.165, 1.54) is 30.2 Å². The Morgan fingerprint density at radius 2 is 1.93 bits per heavy atom. The lowest BCUT2D eigenvalue weighted by Gasteiger charge is -2.20. The van der Waals surface area contributed by atoms with E-state index in [0.29, 0.717) is 18.3 Å². The van der Waals surface area contributed by atoms with Crippen LogP contribution < -0.4 is 5.32 Å². The van der Waals surface area contributed by atoms with Crippen LogP contribution in [0.15, 0.2) is 42.1 Å². The maximum Gasteiger partial charge on any atom is 0.230 e. The number of hydrogen-bond donors (Lipinski definition) is 1. The molecule has 0 unspecified atom stereocenters. The fraction of sp³-hybridized carbons (Fsp3) is 0.500. The van der Waals surface area contributed by atoms with Crippen LogP contribution in [0.4, 0.5) is 0 Å². The standard InChI is InChI=1S/C22H30N4OS/c1-5-14-23-19(27)15-28-21-25-24-20(26(21)18-8-6-7-9-18)16-10-12-17(13-11-16)22(2,3)4/h5,10-13,18H,1,6-9,14-15H2,2-4H3,(H,23,27). The number of rotatable bonds is 7. The van der Waals surface area contributed by atoms with Crippen LogP contribution in [0.1, 0.15) is 58.1 Å². The summed E-state index contributed by atoms with van der Waals surface area (Å²) in [5.74, 6) is 1.23. The van der Waals surface area contributed by atoms with E-state index in [4.69, 9.17) is 0 Å². The molecule has 0 radical (unpaired) electrons. The molecule has 1 heterocycles. The molecule has 1 saturated carbocycles. The number of thioether (sulfide) groups is 1. The number of nitrogens with zero attached hydrogens (tertiary/aromatic N) is 3. The van der Waals surface area contributed by atoms with Crippen molar-refractivity contribution < 1.29 is 4.79 Å². The van der Waals surface area contributed by atoms with Crippen molar-refractivity contribution in [3.05, 3.63) is 42.5 Å². The van der Waals surface area contributed by atoms with Crippen LogP contribution in [-0.4, -0.2) is 33.0 Å². The Kier molecular flexibility index (Phi) is 6.60. The zero-order valence-corrected chi connectivity index (χ0v) is 17.9. The van der Waals surface area contributed by atoms with Gasteiger partial charge in [0.05, 0.1) is 5.75 Å². The molecule has 1 N–H and O–H groups in total. The van der Waals surface area contributed by atoms with Crippen molar-refractivity contribution in [1.82, 2.24) is 20.1 Å². The Hall–Kier alpha value is -2.08. The summed E-state index contributed by atoms with van der Waals surface area (Å²) in [6.07, 6.45) is 6.43. The van der Waals surface area contributed by atoms with Gasteiger partial charge < -0.3 is 5.32 Å². The van der Waals surface area contributed by atoms with Gasteiger partial charge in [-0.05, 0) is 23.8 Å². The Balaban J connectivity index is 1.86. The molecule has 0 spiro atoms. The Bertz CT molecular complexity index is 814. The first-order valence-corrected chi connectivity index (χ1v) is 10.9. The normalized spacial score (nSPS) is 15.0. The van der Waals surface area contributed by atoms with Gasteiger partial charge in [-0.1, -0.05) is 75.7 Å². The van der Waals surface area contributed by atoms with Crippen molar-refractivity contribution in [2.45, 2.75) is 63.1 Å². The SMILES string of the molecule is C=CCNC(=O)CSc1nnc(-c2ccc(C(C)(C)C)cc2)n1C1CCCC1. The van der Waals surface area contributed by atoms with Gasteiger partial charge in [0.25, 0.3) is 0 Å². The van der Waals surface area contributed by atoms with Crippen LogP contribution in [0.2, 0.25) is 0 Å². The Morgan fingerprint density at radius 1 is 1.25 bits per heavy atom. The first-order valence-electron chi connectivity index (χ1n) is 9.96. The lowest BCUT2D eigenvalue weighted by Crippen LogP contribution is -2.25. The van der Waals surface area contributed by atoms with Crippen LogP contribution in [0.5, 0.6) is 0 Å². The van der Waals surface area contributed by atoms with Gasteiger partial charge in [-0.15, -0.1) is 16.8 Å². The Morgan fingerprint density at radius 3 is 2.54 bits per heavy atom. The molecule has 6 heteroatoms. The molecule has 0 bridgehead atoms. The molecule has 2 aromatic rings. The highest BCUT2D eigenvalue weighted by Crippen LogP contribution is 2.37. The maximum absolute atomic E-state index is 12.0. The van der Waals surface area contributed by atoms with E-state index in [1.54, 1.807) is 6.08 Å². The molecule has 0 atom stereocenters.